The van der Waals surface area contributed by atoms with Crippen LogP contribution in [0.4, 0.5) is 18.3 Å². The van der Waals surface area contributed by atoms with E-state index < -0.39 is 11.6 Å². The summed E-state index contributed by atoms with van der Waals surface area (Å²) in [6.45, 7) is 2.17. The van der Waals surface area contributed by atoms with Gasteiger partial charge in [-0.25, -0.2) is 15.0 Å². The van der Waals surface area contributed by atoms with Crippen LogP contribution in [0.1, 0.15) is 30.9 Å². The van der Waals surface area contributed by atoms with Gasteiger partial charge in [0.15, 0.2) is 5.13 Å². The largest absolute Gasteiger partial charge is 0.400 e. The number of aromatic nitrogens is 3. The molecule has 2 aromatic heterocycles. The number of rotatable bonds is 1. The quantitative estimate of drug-likeness (QED) is 0.878. The smallest absolute Gasteiger partial charge is 0.375 e. The van der Waals surface area contributed by atoms with E-state index in [1.807, 2.05) is 0 Å². The predicted molar refractivity (Wildman–Crippen MR) is 74.0 cm³/mol. The first kappa shape index (κ1) is 14.2. The molecule has 0 spiro atoms. The molecular formula is C13H13F3N4S. The number of nitrogens with two attached hydrogens (primary N) is 1. The number of aryl methyl sites for hydroxylation is 2. The monoisotopic (exact) mass is 314 g/mol. The van der Waals surface area contributed by atoms with Crippen molar-refractivity contribution in [2.75, 3.05) is 5.73 Å². The molecule has 0 aromatic carbocycles. The van der Waals surface area contributed by atoms with Crippen LogP contribution in [-0.2, 0) is 18.3 Å². The Balaban J connectivity index is 2.15. The fraction of sp³-hybridized carbons (Fsp3) is 0.462. The van der Waals surface area contributed by atoms with Crippen molar-refractivity contribution < 1.29 is 13.2 Å². The van der Waals surface area contributed by atoms with Crippen LogP contribution in [-0.4, -0.2) is 21.1 Å². The SMILES string of the molecule is CC(C)(c1ncc2c(n1)-c1sc(N)nc1CC2)C(F)(F)F. The van der Waals surface area contributed by atoms with Crippen molar-refractivity contribution in [3.63, 3.8) is 0 Å². The molecule has 21 heavy (non-hydrogen) atoms. The lowest BCUT2D eigenvalue weighted by Gasteiger charge is -2.27. The number of thiazole rings is 1. The summed E-state index contributed by atoms with van der Waals surface area (Å²) in [5, 5.41) is 0.406. The van der Waals surface area contributed by atoms with E-state index in [0.29, 0.717) is 23.7 Å². The molecule has 2 heterocycles. The molecule has 2 N–H and O–H groups in total. The highest BCUT2D eigenvalue weighted by molar-refractivity contribution is 7.18. The Kier molecular flexibility index (Phi) is 2.98. The Morgan fingerprint density at radius 2 is 1.90 bits per heavy atom. The normalized spacial score (nSPS) is 14.7. The number of hydrogen-bond acceptors (Lipinski definition) is 5. The van der Waals surface area contributed by atoms with Crippen LogP contribution in [0, 0.1) is 0 Å². The maximum atomic E-state index is 13.1. The highest BCUT2D eigenvalue weighted by Crippen LogP contribution is 2.42. The van der Waals surface area contributed by atoms with Crippen molar-refractivity contribution in [1.82, 2.24) is 15.0 Å². The van der Waals surface area contributed by atoms with Gasteiger partial charge in [0.05, 0.1) is 16.3 Å². The molecule has 1 aliphatic rings. The zero-order valence-electron chi connectivity index (χ0n) is 11.5. The van der Waals surface area contributed by atoms with Crippen LogP contribution >= 0.6 is 11.3 Å². The molecule has 4 nitrogen and oxygen atoms in total. The number of nitrogen functional groups attached to an aromatic ring is 1. The highest BCUT2D eigenvalue weighted by atomic mass is 32.1. The molecule has 1 aliphatic carbocycles. The maximum Gasteiger partial charge on any atom is 0.400 e. The molecule has 0 atom stereocenters. The van der Waals surface area contributed by atoms with Crippen molar-refractivity contribution in [3.05, 3.63) is 23.3 Å². The van der Waals surface area contributed by atoms with Crippen molar-refractivity contribution >= 4 is 16.5 Å². The van der Waals surface area contributed by atoms with Crippen LogP contribution in [0.3, 0.4) is 0 Å². The molecule has 8 heteroatoms. The van der Waals surface area contributed by atoms with Gasteiger partial charge in [-0.05, 0) is 32.3 Å². The molecule has 0 unspecified atom stereocenters. The van der Waals surface area contributed by atoms with Crippen molar-refractivity contribution in [3.8, 4) is 10.6 Å². The van der Waals surface area contributed by atoms with E-state index in [2.05, 4.69) is 15.0 Å². The summed E-state index contributed by atoms with van der Waals surface area (Å²) in [6.07, 6.45) is -1.55. The Bertz CT molecular complexity index is 706. The fourth-order valence-corrected chi connectivity index (χ4v) is 3.10. The first-order valence-corrected chi connectivity index (χ1v) is 7.20. The molecule has 0 bridgehead atoms. The molecule has 0 fully saturated rings. The molecule has 0 aliphatic heterocycles. The standard InChI is InChI=1S/C13H13F3N4S/c1-12(2,13(14,15)16)10-18-5-6-3-4-7-9(8(6)20-10)21-11(17)19-7/h5H,3-4H2,1-2H3,(H2,17,19). The summed E-state index contributed by atoms with van der Waals surface area (Å²) in [4.78, 5) is 13.1. The zero-order chi connectivity index (χ0) is 15.4. The summed E-state index contributed by atoms with van der Waals surface area (Å²) in [5.41, 5.74) is 5.77. The average Bonchev–Trinajstić information content (AvgIpc) is 2.77. The number of fused-ring (bicyclic) bond motifs is 3. The second kappa shape index (κ2) is 4.40. The zero-order valence-corrected chi connectivity index (χ0v) is 12.3. The summed E-state index contributed by atoms with van der Waals surface area (Å²) >= 11 is 1.25. The van der Waals surface area contributed by atoms with Crippen LogP contribution in [0.2, 0.25) is 0 Å². The van der Waals surface area contributed by atoms with Gasteiger partial charge in [-0.3, -0.25) is 0 Å². The van der Waals surface area contributed by atoms with Gasteiger partial charge in [0, 0.05) is 6.20 Å². The molecule has 0 saturated carbocycles. The summed E-state index contributed by atoms with van der Waals surface area (Å²) in [7, 11) is 0. The van der Waals surface area contributed by atoms with Gasteiger partial charge >= 0.3 is 6.18 Å². The topological polar surface area (TPSA) is 64.7 Å². The first-order valence-electron chi connectivity index (χ1n) is 6.39. The Labute approximate surface area is 123 Å². The van der Waals surface area contributed by atoms with Gasteiger partial charge in [0.1, 0.15) is 11.2 Å². The van der Waals surface area contributed by atoms with E-state index in [0.717, 1.165) is 30.0 Å². The average molecular weight is 314 g/mol. The van der Waals surface area contributed by atoms with E-state index in [9.17, 15) is 13.2 Å². The number of hydrogen-bond donors (Lipinski definition) is 1. The highest BCUT2D eigenvalue weighted by Gasteiger charge is 2.51. The molecule has 3 rings (SSSR count). The Morgan fingerprint density at radius 1 is 1.19 bits per heavy atom. The predicted octanol–water partition coefficient (Wildman–Crippen LogP) is 3.12. The number of nitrogens with zero attached hydrogens (tertiary/aromatic N) is 3. The lowest BCUT2D eigenvalue weighted by molar-refractivity contribution is -0.182. The summed E-state index contributed by atoms with van der Waals surface area (Å²) in [5.74, 6) is -0.228. The third kappa shape index (κ3) is 2.17. The van der Waals surface area contributed by atoms with Gasteiger partial charge in [-0.2, -0.15) is 13.2 Å². The first-order chi connectivity index (χ1) is 9.70. The molecule has 0 saturated heterocycles. The van der Waals surface area contributed by atoms with Crippen molar-refractivity contribution in [2.24, 2.45) is 0 Å². The fourth-order valence-electron chi connectivity index (χ4n) is 2.19. The van der Waals surface area contributed by atoms with Gasteiger partial charge in [0.25, 0.3) is 0 Å². The maximum absolute atomic E-state index is 13.1. The third-order valence-electron chi connectivity index (χ3n) is 3.69. The van der Waals surface area contributed by atoms with E-state index in [-0.39, 0.29) is 5.82 Å². The van der Waals surface area contributed by atoms with Crippen molar-refractivity contribution in [2.45, 2.75) is 38.3 Å². The molecule has 0 radical (unpaired) electrons. The minimum atomic E-state index is -4.41. The van der Waals surface area contributed by atoms with Crippen LogP contribution < -0.4 is 5.73 Å². The minimum absolute atomic E-state index is 0.228. The van der Waals surface area contributed by atoms with Crippen LogP contribution in [0.25, 0.3) is 10.6 Å². The third-order valence-corrected chi connectivity index (χ3v) is 4.63. The molecule has 112 valence electrons. The number of anilines is 1. The second-order valence-electron chi connectivity index (χ2n) is 5.52. The van der Waals surface area contributed by atoms with Crippen LogP contribution in [0.15, 0.2) is 6.20 Å². The van der Waals surface area contributed by atoms with E-state index in [1.54, 1.807) is 0 Å². The van der Waals surface area contributed by atoms with Gasteiger partial charge < -0.3 is 5.73 Å². The van der Waals surface area contributed by atoms with Crippen molar-refractivity contribution in [1.29, 1.82) is 0 Å². The van der Waals surface area contributed by atoms with Gasteiger partial charge in [-0.1, -0.05) is 11.3 Å². The van der Waals surface area contributed by atoms with Gasteiger partial charge in [0.2, 0.25) is 0 Å². The number of halogens is 3. The lowest BCUT2D eigenvalue weighted by atomic mass is 9.90. The van der Waals surface area contributed by atoms with Crippen LogP contribution in [0.5, 0.6) is 0 Å². The second-order valence-corrected chi connectivity index (χ2v) is 6.55. The lowest BCUT2D eigenvalue weighted by Crippen LogP contribution is -2.38. The van der Waals surface area contributed by atoms with E-state index in [1.165, 1.54) is 17.5 Å². The Morgan fingerprint density at radius 3 is 2.57 bits per heavy atom. The Hall–Kier alpha value is -1.70. The summed E-state index contributed by atoms with van der Waals surface area (Å²) < 4.78 is 39.4. The minimum Gasteiger partial charge on any atom is -0.375 e. The number of alkyl halides is 3. The summed E-state index contributed by atoms with van der Waals surface area (Å²) in [6, 6.07) is 0. The molecule has 0 amide bonds. The van der Waals surface area contributed by atoms with E-state index in [4.69, 9.17) is 5.73 Å². The molecule has 2 aromatic rings. The van der Waals surface area contributed by atoms with Gasteiger partial charge in [-0.15, -0.1) is 0 Å². The van der Waals surface area contributed by atoms with E-state index >= 15 is 0 Å². The molecular weight excluding hydrogens is 301 g/mol.